The number of nitrogens with zero attached hydrogens (tertiary/aromatic N) is 1. The van der Waals surface area contributed by atoms with Gasteiger partial charge in [0.25, 0.3) is 0 Å². The Labute approximate surface area is 198 Å². The van der Waals surface area contributed by atoms with Crippen LogP contribution in [-0.4, -0.2) is 42.3 Å². The molecule has 7 heteroatoms. The summed E-state index contributed by atoms with van der Waals surface area (Å²) in [5.41, 5.74) is 2.10. The van der Waals surface area contributed by atoms with Crippen molar-refractivity contribution in [3.63, 3.8) is 0 Å². The van der Waals surface area contributed by atoms with Crippen molar-refractivity contribution in [3.05, 3.63) is 69.2 Å². The van der Waals surface area contributed by atoms with Crippen molar-refractivity contribution in [3.8, 4) is 0 Å². The van der Waals surface area contributed by atoms with Gasteiger partial charge in [-0.3, -0.25) is 4.90 Å². The van der Waals surface area contributed by atoms with Crippen LogP contribution in [0.4, 0.5) is 8.78 Å². The lowest BCUT2D eigenvalue weighted by atomic mass is 9.98. The summed E-state index contributed by atoms with van der Waals surface area (Å²) in [5.74, 6) is -1.18. The Balaban J connectivity index is 1.48. The molecule has 1 heterocycles. The van der Waals surface area contributed by atoms with Gasteiger partial charge < -0.3 is 9.47 Å². The Morgan fingerprint density at radius 2 is 1.94 bits per heavy atom. The third-order valence-electron chi connectivity index (χ3n) is 5.94. The fourth-order valence-corrected chi connectivity index (χ4v) is 4.50. The van der Waals surface area contributed by atoms with E-state index in [0.29, 0.717) is 37.1 Å². The van der Waals surface area contributed by atoms with Gasteiger partial charge in [0.15, 0.2) is 0 Å². The molecule has 1 atom stereocenters. The molecule has 1 aliphatic carbocycles. The zero-order valence-corrected chi connectivity index (χ0v) is 20.1. The SMILES string of the molecule is CC(C)(C)OC(=O)c1cc(C2CC2)c(CN2CCOC(Cc3ccc(F)cc3Cl)C2)cc1F. The summed E-state index contributed by atoms with van der Waals surface area (Å²) in [6.07, 6.45) is 2.58. The number of hydrogen-bond acceptors (Lipinski definition) is 4. The molecule has 0 spiro atoms. The monoisotopic (exact) mass is 477 g/mol. The van der Waals surface area contributed by atoms with E-state index in [1.807, 2.05) is 0 Å². The molecule has 0 amide bonds. The second-order valence-corrected chi connectivity index (χ2v) is 10.4. The predicted molar refractivity (Wildman–Crippen MR) is 124 cm³/mol. The first-order valence-corrected chi connectivity index (χ1v) is 11.8. The lowest BCUT2D eigenvalue weighted by Crippen LogP contribution is -2.43. The van der Waals surface area contributed by atoms with Crippen molar-refractivity contribution in [1.29, 1.82) is 0 Å². The highest BCUT2D eigenvalue weighted by Gasteiger charge is 2.31. The van der Waals surface area contributed by atoms with E-state index >= 15 is 0 Å². The van der Waals surface area contributed by atoms with Gasteiger partial charge in [0.1, 0.15) is 17.2 Å². The fourth-order valence-electron chi connectivity index (χ4n) is 4.25. The zero-order chi connectivity index (χ0) is 23.8. The van der Waals surface area contributed by atoms with Crippen LogP contribution in [-0.2, 0) is 22.4 Å². The van der Waals surface area contributed by atoms with Crippen LogP contribution in [0.5, 0.6) is 0 Å². The maximum Gasteiger partial charge on any atom is 0.341 e. The normalized spacial score (nSPS) is 19.5. The van der Waals surface area contributed by atoms with Crippen LogP contribution in [0.2, 0.25) is 5.02 Å². The van der Waals surface area contributed by atoms with Gasteiger partial charge in [0, 0.05) is 31.1 Å². The third kappa shape index (κ3) is 6.31. The van der Waals surface area contributed by atoms with Gasteiger partial charge in [-0.2, -0.15) is 0 Å². The lowest BCUT2D eigenvalue weighted by Gasteiger charge is -2.33. The van der Waals surface area contributed by atoms with Crippen molar-refractivity contribution in [2.24, 2.45) is 0 Å². The third-order valence-corrected chi connectivity index (χ3v) is 6.30. The Bertz CT molecular complexity index is 1030. The molecule has 2 aromatic rings. The molecule has 4 nitrogen and oxygen atoms in total. The second kappa shape index (κ2) is 9.69. The number of morpholine rings is 1. The molecule has 0 bridgehead atoms. The van der Waals surface area contributed by atoms with Gasteiger partial charge in [-0.1, -0.05) is 17.7 Å². The maximum atomic E-state index is 14.9. The quantitative estimate of drug-likeness (QED) is 0.486. The van der Waals surface area contributed by atoms with Crippen LogP contribution < -0.4 is 0 Å². The molecule has 1 saturated heterocycles. The smallest absolute Gasteiger partial charge is 0.341 e. The van der Waals surface area contributed by atoms with Crippen molar-refractivity contribution >= 4 is 17.6 Å². The lowest BCUT2D eigenvalue weighted by molar-refractivity contribution is -0.0305. The van der Waals surface area contributed by atoms with Crippen molar-refractivity contribution in [2.75, 3.05) is 19.7 Å². The highest BCUT2D eigenvalue weighted by Crippen LogP contribution is 2.43. The summed E-state index contributed by atoms with van der Waals surface area (Å²) in [6, 6.07) is 7.59. The minimum atomic E-state index is -0.682. The molecule has 1 saturated carbocycles. The van der Waals surface area contributed by atoms with E-state index in [2.05, 4.69) is 4.90 Å². The van der Waals surface area contributed by atoms with Gasteiger partial charge in [-0.15, -0.1) is 0 Å². The first-order chi connectivity index (χ1) is 15.6. The van der Waals surface area contributed by atoms with E-state index in [0.717, 1.165) is 36.1 Å². The molecule has 2 aliphatic rings. The number of halogens is 3. The molecule has 2 fully saturated rings. The largest absolute Gasteiger partial charge is 0.456 e. The molecule has 4 rings (SSSR count). The minimum absolute atomic E-state index is 0.00128. The Kier molecular flexibility index (Phi) is 7.08. The van der Waals surface area contributed by atoms with E-state index in [1.54, 1.807) is 32.9 Å². The average Bonchev–Trinajstić information content (AvgIpc) is 3.54. The van der Waals surface area contributed by atoms with Crippen LogP contribution >= 0.6 is 11.6 Å². The van der Waals surface area contributed by atoms with E-state index in [4.69, 9.17) is 21.1 Å². The first kappa shape index (κ1) is 24.1. The van der Waals surface area contributed by atoms with Gasteiger partial charge >= 0.3 is 5.97 Å². The van der Waals surface area contributed by atoms with Crippen molar-refractivity contribution < 1.29 is 23.0 Å². The molecule has 1 unspecified atom stereocenters. The van der Waals surface area contributed by atoms with Crippen molar-refractivity contribution in [1.82, 2.24) is 4.90 Å². The Morgan fingerprint density at radius 3 is 2.61 bits per heavy atom. The minimum Gasteiger partial charge on any atom is -0.456 e. The maximum absolute atomic E-state index is 14.9. The number of rotatable bonds is 6. The van der Waals surface area contributed by atoms with Gasteiger partial charge in [-0.25, -0.2) is 13.6 Å². The topological polar surface area (TPSA) is 38.8 Å². The second-order valence-electron chi connectivity index (χ2n) is 9.97. The molecule has 2 aromatic carbocycles. The van der Waals surface area contributed by atoms with E-state index in [9.17, 15) is 13.6 Å². The molecule has 0 radical (unpaired) electrons. The van der Waals surface area contributed by atoms with Gasteiger partial charge in [0.05, 0.1) is 18.3 Å². The van der Waals surface area contributed by atoms with Gasteiger partial charge in [-0.05, 0) is 80.5 Å². The molecular weight excluding hydrogens is 448 g/mol. The summed E-state index contributed by atoms with van der Waals surface area (Å²) in [4.78, 5) is 14.8. The Morgan fingerprint density at radius 1 is 1.18 bits per heavy atom. The van der Waals surface area contributed by atoms with Crippen LogP contribution in [0.15, 0.2) is 30.3 Å². The predicted octanol–water partition coefficient (Wildman–Crippen LogP) is 5.89. The number of carbonyl (C=O) groups is 1. The number of hydrogen-bond donors (Lipinski definition) is 0. The molecule has 0 aromatic heterocycles. The van der Waals surface area contributed by atoms with E-state index < -0.39 is 17.4 Å². The van der Waals surface area contributed by atoms with E-state index in [1.165, 1.54) is 18.2 Å². The standard InChI is InChI=1S/C26H30ClF2NO3/c1-26(2,3)33-25(31)22-13-21(16-4-5-16)18(11-24(22)29)14-30-8-9-32-20(15-30)10-17-6-7-19(28)12-23(17)27/h6-7,11-13,16,20H,4-5,8-10,14-15H2,1-3H3. The summed E-state index contributed by atoms with van der Waals surface area (Å²) >= 11 is 6.19. The van der Waals surface area contributed by atoms with Crippen LogP contribution in [0.1, 0.15) is 66.6 Å². The average molecular weight is 478 g/mol. The molecule has 0 N–H and O–H groups in total. The van der Waals surface area contributed by atoms with E-state index in [-0.39, 0.29) is 17.5 Å². The summed E-state index contributed by atoms with van der Waals surface area (Å²) < 4.78 is 39.6. The van der Waals surface area contributed by atoms with Crippen molar-refractivity contribution in [2.45, 2.75) is 64.2 Å². The fraction of sp³-hybridized carbons (Fsp3) is 0.500. The van der Waals surface area contributed by atoms with Gasteiger partial charge in [0.2, 0.25) is 0 Å². The number of ether oxygens (including phenoxy) is 2. The number of esters is 1. The summed E-state index contributed by atoms with van der Waals surface area (Å²) in [7, 11) is 0. The number of carbonyl (C=O) groups excluding carboxylic acids is 1. The zero-order valence-electron chi connectivity index (χ0n) is 19.3. The molecule has 1 aliphatic heterocycles. The summed E-state index contributed by atoms with van der Waals surface area (Å²) in [5, 5.41) is 0.395. The molecule has 178 valence electrons. The van der Waals surface area contributed by atoms with Crippen LogP contribution in [0.3, 0.4) is 0 Å². The first-order valence-electron chi connectivity index (χ1n) is 11.4. The number of benzene rings is 2. The molecule has 33 heavy (non-hydrogen) atoms. The summed E-state index contributed by atoms with van der Waals surface area (Å²) in [6.45, 7) is 7.84. The highest BCUT2D eigenvalue weighted by atomic mass is 35.5. The van der Waals surface area contributed by atoms with Crippen LogP contribution in [0.25, 0.3) is 0 Å². The van der Waals surface area contributed by atoms with Crippen LogP contribution in [0, 0.1) is 11.6 Å². The Hall–Kier alpha value is -2.02. The molecular formula is C26H30ClF2NO3. The highest BCUT2D eigenvalue weighted by molar-refractivity contribution is 6.31.